The molecule has 8 heterocycles. The van der Waals surface area contributed by atoms with Gasteiger partial charge >= 0.3 is 0 Å². The molecule has 0 aromatic carbocycles. The highest BCUT2D eigenvalue weighted by atomic mass is 35.5. The van der Waals surface area contributed by atoms with Gasteiger partial charge in [0.2, 0.25) is 5.91 Å². The zero-order chi connectivity index (χ0) is 43.6. The van der Waals surface area contributed by atoms with Gasteiger partial charge in [-0.25, -0.2) is 19.9 Å². The summed E-state index contributed by atoms with van der Waals surface area (Å²) in [6.07, 6.45) is 19.0. The Morgan fingerprint density at radius 3 is 1.75 bits per heavy atom. The maximum Gasteiger partial charge on any atom is 0.252 e. The smallest absolute Gasteiger partial charge is 0.252 e. The third-order valence-electron chi connectivity index (χ3n) is 13.7. The van der Waals surface area contributed by atoms with Crippen molar-refractivity contribution in [2.45, 2.75) is 120 Å². The van der Waals surface area contributed by atoms with Gasteiger partial charge in [-0.3, -0.25) is 19.4 Å². The van der Waals surface area contributed by atoms with Crippen molar-refractivity contribution in [3.8, 4) is 22.3 Å². The first kappa shape index (κ1) is 42.7. The van der Waals surface area contributed by atoms with Gasteiger partial charge in [0.1, 0.15) is 39.4 Å². The number of rotatable bonds is 12. The number of H-pyrrole nitrogens is 2. The number of carbonyl (C=O) groups is 2. The monoisotopic (exact) mass is 902 g/mol. The minimum atomic E-state index is -0.494. The van der Waals surface area contributed by atoms with E-state index >= 15 is 0 Å². The Bertz CT molecular complexity index is 2610. The number of hydrogen-bond donors (Lipinski definition) is 6. The van der Waals surface area contributed by atoms with Crippen LogP contribution in [0.4, 0.5) is 11.6 Å². The second kappa shape index (κ2) is 19.1. The summed E-state index contributed by atoms with van der Waals surface area (Å²) in [5.74, 6) is 1.45. The van der Waals surface area contributed by atoms with E-state index < -0.39 is 6.17 Å². The molecule has 2 aliphatic heterocycles. The molecule has 64 heavy (non-hydrogen) atoms. The van der Waals surface area contributed by atoms with Crippen molar-refractivity contribution in [1.82, 2.24) is 50.3 Å². The predicted molar refractivity (Wildman–Crippen MR) is 253 cm³/mol. The second-order valence-corrected chi connectivity index (χ2v) is 18.9. The lowest BCUT2D eigenvalue weighted by Gasteiger charge is -2.44. The number of carbonyl (C=O) groups excluding carboxylic acids is 2. The molecule has 334 valence electrons. The molecule has 6 aromatic rings. The molecule has 0 bridgehead atoms. The van der Waals surface area contributed by atoms with Crippen molar-refractivity contribution in [2.24, 2.45) is 0 Å². The molecule has 0 radical (unpaired) electrons. The van der Waals surface area contributed by atoms with Crippen LogP contribution in [0.25, 0.3) is 44.3 Å². The molecule has 10 rings (SSSR count). The van der Waals surface area contributed by atoms with Crippen LogP contribution >= 0.6 is 23.2 Å². The molecule has 0 spiro atoms. The molecule has 2 aliphatic carbocycles. The van der Waals surface area contributed by atoms with Gasteiger partial charge in [-0.05, 0) is 137 Å². The van der Waals surface area contributed by atoms with Gasteiger partial charge in [0, 0.05) is 90.5 Å². The quantitative estimate of drug-likeness (QED) is 0.0655. The molecular formula is C48H56Cl2N12O2. The van der Waals surface area contributed by atoms with E-state index in [9.17, 15) is 9.59 Å². The van der Waals surface area contributed by atoms with Gasteiger partial charge in [0.05, 0.1) is 6.04 Å². The molecule has 2 saturated carbocycles. The van der Waals surface area contributed by atoms with Gasteiger partial charge in [0.15, 0.2) is 0 Å². The number of aromatic amines is 2. The van der Waals surface area contributed by atoms with Crippen LogP contribution in [-0.4, -0.2) is 108 Å². The lowest BCUT2D eigenvalue weighted by molar-refractivity contribution is -0.142. The topological polar surface area (TPSA) is 172 Å². The minimum Gasteiger partial charge on any atom is -0.367 e. The number of halogens is 2. The number of anilines is 2. The van der Waals surface area contributed by atoms with Crippen LogP contribution in [0.5, 0.6) is 0 Å². The van der Waals surface area contributed by atoms with Crippen molar-refractivity contribution >= 4 is 68.7 Å². The summed E-state index contributed by atoms with van der Waals surface area (Å²) in [5, 5.41) is 17.1. The zero-order valence-corrected chi connectivity index (χ0v) is 37.5. The van der Waals surface area contributed by atoms with Gasteiger partial charge in [-0.2, -0.15) is 0 Å². The van der Waals surface area contributed by atoms with E-state index in [1.165, 1.54) is 0 Å². The summed E-state index contributed by atoms with van der Waals surface area (Å²) >= 11 is 13.2. The normalized spacial score (nSPS) is 23.8. The molecule has 2 saturated heterocycles. The van der Waals surface area contributed by atoms with Gasteiger partial charge in [0.25, 0.3) is 5.91 Å². The zero-order valence-electron chi connectivity index (χ0n) is 36.0. The standard InChI is InChI=1S/C48H56Cl2N12O2/c49-40-21-29(37-27-53-44-35(37)13-7-16-51-44)23-42(59-40)55-31-9-5-11-33(25-31)57-46(63)39-15-1-2-20-62(39)48(61-18-3-4-19-61)47(64)58-34-12-6-10-32(26-34)56-43-24-30(22-41(50)60-43)38-28-54-45-36(38)14-8-17-52-45/h7-8,13-14,16-17,21-24,27-28,31-34,39,48H,1-6,9-12,15,18-20,25-26H2,(H,51,53)(H,52,54)(H,55,59)(H,56,60)(H,57,63)(H,58,64). The molecule has 16 heteroatoms. The Hall–Kier alpha value is -5.28. The van der Waals surface area contributed by atoms with Crippen LogP contribution in [0.3, 0.4) is 0 Å². The Labute approximate surface area is 383 Å². The molecular weight excluding hydrogens is 848 g/mol. The van der Waals surface area contributed by atoms with Crippen LogP contribution in [-0.2, 0) is 9.59 Å². The number of amides is 2. The molecule has 6 aromatic heterocycles. The molecule has 2 amide bonds. The summed E-state index contributed by atoms with van der Waals surface area (Å²) in [7, 11) is 0. The maximum absolute atomic E-state index is 14.6. The van der Waals surface area contributed by atoms with Gasteiger partial charge in [-0.15, -0.1) is 0 Å². The first-order valence-electron chi connectivity index (χ1n) is 23.1. The van der Waals surface area contributed by atoms with E-state index in [1.807, 2.05) is 60.9 Å². The Kier molecular flexibility index (Phi) is 12.7. The van der Waals surface area contributed by atoms with Crippen molar-refractivity contribution in [3.63, 3.8) is 0 Å². The van der Waals surface area contributed by atoms with E-state index in [4.69, 9.17) is 23.2 Å². The number of nitrogens with one attached hydrogen (secondary N) is 6. The summed E-state index contributed by atoms with van der Waals surface area (Å²) in [6, 6.07) is 15.6. The third-order valence-corrected chi connectivity index (χ3v) is 14.1. The van der Waals surface area contributed by atoms with Gasteiger partial charge in [-0.1, -0.05) is 29.6 Å². The number of pyridine rings is 4. The highest BCUT2D eigenvalue weighted by molar-refractivity contribution is 6.30. The lowest BCUT2D eigenvalue weighted by Crippen LogP contribution is -2.64. The number of hydrogen-bond acceptors (Lipinski definition) is 10. The average Bonchev–Trinajstić information content (AvgIpc) is 4.08. The number of nitrogens with zero attached hydrogens (tertiary/aromatic N) is 6. The molecule has 4 aliphatic rings. The molecule has 14 nitrogen and oxygen atoms in total. The van der Waals surface area contributed by atoms with Crippen LogP contribution in [0.15, 0.2) is 73.3 Å². The van der Waals surface area contributed by atoms with Crippen molar-refractivity contribution in [3.05, 3.63) is 83.6 Å². The van der Waals surface area contributed by atoms with Crippen LogP contribution in [0.2, 0.25) is 10.3 Å². The SMILES string of the molecule is O=C(NC1CCCC(Nc2cc(-c3c[nH]c4ncccc34)cc(Cl)n2)C1)C1CCCCN1C(C(=O)NC1CCCC(Nc2cc(-c3c[nH]c4ncccc34)cc(Cl)n2)C1)N1CCCC1. The Morgan fingerprint density at radius 2 is 1.17 bits per heavy atom. The van der Waals surface area contributed by atoms with E-state index in [0.29, 0.717) is 28.5 Å². The van der Waals surface area contributed by atoms with E-state index in [1.54, 1.807) is 12.4 Å². The van der Waals surface area contributed by atoms with Crippen LogP contribution < -0.4 is 21.3 Å². The average molecular weight is 904 g/mol. The summed E-state index contributed by atoms with van der Waals surface area (Å²) in [5.41, 5.74) is 5.60. The van der Waals surface area contributed by atoms with Gasteiger partial charge < -0.3 is 31.2 Å². The predicted octanol–water partition coefficient (Wildman–Crippen LogP) is 8.53. The summed E-state index contributed by atoms with van der Waals surface area (Å²) in [4.78, 5) is 58.2. The molecule has 6 N–H and O–H groups in total. The molecule has 6 atom stereocenters. The van der Waals surface area contributed by atoms with Crippen molar-refractivity contribution < 1.29 is 9.59 Å². The fraction of sp³-hybridized carbons (Fsp3) is 0.458. The minimum absolute atomic E-state index is 0.00239. The first-order chi connectivity index (χ1) is 31.3. The maximum atomic E-state index is 14.6. The first-order valence-corrected chi connectivity index (χ1v) is 23.9. The second-order valence-electron chi connectivity index (χ2n) is 18.1. The molecule has 6 unspecified atom stereocenters. The van der Waals surface area contributed by atoms with E-state index in [0.717, 1.165) is 141 Å². The van der Waals surface area contributed by atoms with E-state index in [-0.39, 0.29) is 42.0 Å². The highest BCUT2D eigenvalue weighted by Gasteiger charge is 2.42. The highest BCUT2D eigenvalue weighted by Crippen LogP contribution is 2.34. The Balaban J connectivity index is 0.786. The number of likely N-dealkylation sites (tertiary alicyclic amines) is 2. The fourth-order valence-corrected chi connectivity index (χ4v) is 11.2. The molecule has 4 fully saturated rings. The van der Waals surface area contributed by atoms with Crippen molar-refractivity contribution in [2.75, 3.05) is 30.3 Å². The largest absolute Gasteiger partial charge is 0.367 e. The number of fused-ring (bicyclic) bond motifs is 2. The summed E-state index contributed by atoms with van der Waals surface area (Å²) in [6.45, 7) is 2.40. The number of piperidine rings is 1. The van der Waals surface area contributed by atoms with Crippen LogP contribution in [0, 0.1) is 0 Å². The summed E-state index contributed by atoms with van der Waals surface area (Å²) < 4.78 is 0. The fourth-order valence-electron chi connectivity index (χ4n) is 10.8. The Morgan fingerprint density at radius 1 is 0.641 bits per heavy atom. The van der Waals surface area contributed by atoms with Crippen molar-refractivity contribution in [1.29, 1.82) is 0 Å². The number of aromatic nitrogens is 6. The lowest BCUT2D eigenvalue weighted by atomic mass is 9.90. The van der Waals surface area contributed by atoms with E-state index in [2.05, 4.69) is 61.0 Å². The van der Waals surface area contributed by atoms with Crippen LogP contribution in [0.1, 0.15) is 83.5 Å². The third kappa shape index (κ3) is 9.42.